The second-order valence-electron chi connectivity index (χ2n) is 5.21. The Hall–Kier alpha value is -0.470. The van der Waals surface area contributed by atoms with Crippen LogP contribution in [-0.4, -0.2) is 25.1 Å². The fourth-order valence-corrected chi connectivity index (χ4v) is 3.16. The van der Waals surface area contributed by atoms with Gasteiger partial charge in [-0.25, -0.2) is 0 Å². The molecule has 1 nitrogen and oxygen atoms in total. The second kappa shape index (κ2) is 7.85. The lowest BCUT2D eigenvalue weighted by atomic mass is 9.77. The van der Waals surface area contributed by atoms with Crippen molar-refractivity contribution in [3.05, 3.63) is 35.4 Å². The van der Waals surface area contributed by atoms with Crippen molar-refractivity contribution in [3.63, 3.8) is 0 Å². The van der Waals surface area contributed by atoms with Gasteiger partial charge in [0.1, 0.15) is 0 Å². The summed E-state index contributed by atoms with van der Waals surface area (Å²) in [7, 11) is 0. The van der Waals surface area contributed by atoms with E-state index in [1.165, 1.54) is 50.9 Å². The average Bonchev–Trinajstić information content (AvgIpc) is 2.37. The van der Waals surface area contributed by atoms with Crippen molar-refractivity contribution in [1.82, 2.24) is 5.32 Å². The molecule has 0 heterocycles. The highest BCUT2D eigenvalue weighted by Gasteiger charge is 2.24. The van der Waals surface area contributed by atoms with Gasteiger partial charge in [0.15, 0.2) is 0 Å². The predicted molar refractivity (Wildman–Crippen MR) is 82.6 cm³/mol. The van der Waals surface area contributed by atoms with Gasteiger partial charge >= 0.3 is 0 Å². The maximum atomic E-state index is 3.61. The third-order valence-electron chi connectivity index (χ3n) is 3.80. The summed E-state index contributed by atoms with van der Waals surface area (Å²) in [6.45, 7) is 2.36. The van der Waals surface area contributed by atoms with Gasteiger partial charge in [0, 0.05) is 12.5 Å². The fourth-order valence-electron chi connectivity index (χ4n) is 2.67. The number of thioether (sulfide) groups is 1. The van der Waals surface area contributed by atoms with Crippen LogP contribution in [0.25, 0.3) is 0 Å². The average molecular weight is 263 g/mol. The molecule has 1 unspecified atom stereocenters. The van der Waals surface area contributed by atoms with Crippen LogP contribution in [0, 0.1) is 0 Å². The van der Waals surface area contributed by atoms with Crippen molar-refractivity contribution < 1.29 is 0 Å². The smallest absolute Gasteiger partial charge is 0.00234 e. The van der Waals surface area contributed by atoms with Gasteiger partial charge < -0.3 is 5.32 Å². The number of unbranched alkanes of at least 4 members (excludes halogenated alkanes) is 3. The number of rotatable bonds is 9. The van der Waals surface area contributed by atoms with Crippen molar-refractivity contribution in [2.24, 2.45) is 0 Å². The molecule has 1 aliphatic carbocycles. The van der Waals surface area contributed by atoms with Crippen LogP contribution in [0.3, 0.4) is 0 Å². The van der Waals surface area contributed by atoms with Crippen LogP contribution in [0.15, 0.2) is 24.3 Å². The molecule has 1 atom stereocenters. The molecule has 0 spiro atoms. The van der Waals surface area contributed by atoms with Gasteiger partial charge in [0.2, 0.25) is 0 Å². The van der Waals surface area contributed by atoms with E-state index in [-0.39, 0.29) is 0 Å². The van der Waals surface area contributed by atoms with Gasteiger partial charge in [-0.2, -0.15) is 11.8 Å². The molecule has 0 aliphatic heterocycles. The largest absolute Gasteiger partial charge is 0.316 e. The Bertz CT molecular complexity index is 351. The number of hydrogen-bond donors (Lipinski definition) is 1. The molecule has 0 saturated carbocycles. The number of nitrogens with one attached hydrogen (secondary N) is 1. The van der Waals surface area contributed by atoms with Crippen molar-refractivity contribution >= 4 is 11.8 Å². The van der Waals surface area contributed by atoms with Crippen LogP contribution in [0.2, 0.25) is 0 Å². The minimum absolute atomic E-state index is 0.776. The topological polar surface area (TPSA) is 12.0 Å². The van der Waals surface area contributed by atoms with Crippen LogP contribution < -0.4 is 5.32 Å². The summed E-state index contributed by atoms with van der Waals surface area (Å²) < 4.78 is 0. The van der Waals surface area contributed by atoms with E-state index in [0.717, 1.165) is 5.92 Å². The standard InChI is InChI=1S/C16H25NS/c1-18-11-7-3-2-6-10-17-13-15-12-14-8-4-5-9-16(14)15/h4-5,8-9,15,17H,2-3,6-7,10-13H2,1H3. The molecule has 0 aromatic heterocycles. The Balaban J connectivity index is 1.48. The van der Waals surface area contributed by atoms with Gasteiger partial charge in [0.25, 0.3) is 0 Å². The predicted octanol–water partition coefficient (Wildman–Crippen LogP) is 3.84. The van der Waals surface area contributed by atoms with E-state index in [1.807, 2.05) is 11.8 Å². The molecule has 0 bridgehead atoms. The molecular weight excluding hydrogens is 238 g/mol. The summed E-state index contributed by atoms with van der Waals surface area (Å²) in [4.78, 5) is 0. The molecule has 100 valence electrons. The van der Waals surface area contributed by atoms with Gasteiger partial charge in [-0.05, 0) is 48.9 Å². The summed E-state index contributed by atoms with van der Waals surface area (Å²) >= 11 is 1.96. The zero-order chi connectivity index (χ0) is 12.6. The van der Waals surface area contributed by atoms with E-state index >= 15 is 0 Å². The van der Waals surface area contributed by atoms with E-state index in [0.29, 0.717) is 0 Å². The fraction of sp³-hybridized carbons (Fsp3) is 0.625. The summed E-state index contributed by atoms with van der Waals surface area (Å²) in [6, 6.07) is 8.86. The highest BCUT2D eigenvalue weighted by Crippen LogP contribution is 2.33. The zero-order valence-corrected chi connectivity index (χ0v) is 12.3. The van der Waals surface area contributed by atoms with Gasteiger partial charge in [0.05, 0.1) is 0 Å². The molecule has 0 fully saturated rings. The molecule has 1 N–H and O–H groups in total. The molecule has 0 saturated heterocycles. The SMILES string of the molecule is CSCCCCCCNCC1Cc2ccccc21. The van der Waals surface area contributed by atoms with Gasteiger partial charge in [-0.3, -0.25) is 0 Å². The molecule has 18 heavy (non-hydrogen) atoms. The quantitative estimate of drug-likeness (QED) is 0.679. The summed E-state index contributed by atoms with van der Waals surface area (Å²) in [5, 5.41) is 3.61. The number of fused-ring (bicyclic) bond motifs is 1. The van der Waals surface area contributed by atoms with Crippen molar-refractivity contribution in [3.8, 4) is 0 Å². The lowest BCUT2D eigenvalue weighted by molar-refractivity contribution is 0.519. The Morgan fingerprint density at radius 3 is 2.83 bits per heavy atom. The van der Waals surface area contributed by atoms with Gasteiger partial charge in [-0.15, -0.1) is 0 Å². The lowest BCUT2D eigenvalue weighted by Gasteiger charge is -2.30. The van der Waals surface area contributed by atoms with Crippen molar-refractivity contribution in [2.75, 3.05) is 25.1 Å². The van der Waals surface area contributed by atoms with Crippen molar-refractivity contribution in [2.45, 2.75) is 38.0 Å². The normalized spacial score (nSPS) is 17.3. The Morgan fingerprint density at radius 2 is 2.00 bits per heavy atom. The minimum atomic E-state index is 0.776. The lowest BCUT2D eigenvalue weighted by Crippen LogP contribution is -2.29. The highest BCUT2D eigenvalue weighted by molar-refractivity contribution is 7.98. The molecule has 1 aromatic rings. The van der Waals surface area contributed by atoms with Crippen LogP contribution in [0.1, 0.15) is 42.7 Å². The first-order valence-electron chi connectivity index (χ1n) is 7.19. The summed E-state index contributed by atoms with van der Waals surface area (Å²) in [5.74, 6) is 2.10. The molecule has 1 aliphatic rings. The van der Waals surface area contributed by atoms with Crippen LogP contribution in [0.5, 0.6) is 0 Å². The molecule has 0 amide bonds. The molecular formula is C16H25NS. The molecule has 0 radical (unpaired) electrons. The minimum Gasteiger partial charge on any atom is -0.316 e. The molecule has 2 heteroatoms. The van der Waals surface area contributed by atoms with E-state index in [1.54, 1.807) is 11.1 Å². The third-order valence-corrected chi connectivity index (χ3v) is 4.50. The van der Waals surface area contributed by atoms with E-state index in [2.05, 4.69) is 35.8 Å². The number of benzene rings is 1. The zero-order valence-electron chi connectivity index (χ0n) is 11.5. The van der Waals surface area contributed by atoms with E-state index in [4.69, 9.17) is 0 Å². The maximum absolute atomic E-state index is 3.61. The first kappa shape index (κ1) is 14.0. The molecule has 2 rings (SSSR count). The van der Waals surface area contributed by atoms with Gasteiger partial charge in [-0.1, -0.05) is 37.1 Å². The summed E-state index contributed by atoms with van der Waals surface area (Å²) in [5.41, 5.74) is 3.13. The first-order valence-corrected chi connectivity index (χ1v) is 8.58. The second-order valence-corrected chi connectivity index (χ2v) is 6.20. The van der Waals surface area contributed by atoms with Crippen molar-refractivity contribution in [1.29, 1.82) is 0 Å². The Kier molecular flexibility index (Phi) is 6.09. The highest BCUT2D eigenvalue weighted by atomic mass is 32.2. The maximum Gasteiger partial charge on any atom is 0.00234 e. The first-order chi connectivity index (χ1) is 8.92. The van der Waals surface area contributed by atoms with Crippen LogP contribution in [0.4, 0.5) is 0 Å². The van der Waals surface area contributed by atoms with Crippen LogP contribution in [-0.2, 0) is 6.42 Å². The Labute approximate surface area is 116 Å². The third kappa shape index (κ3) is 4.03. The number of hydrogen-bond acceptors (Lipinski definition) is 2. The van der Waals surface area contributed by atoms with E-state index < -0.39 is 0 Å². The van der Waals surface area contributed by atoms with Crippen LogP contribution >= 0.6 is 11.8 Å². The van der Waals surface area contributed by atoms with E-state index in [9.17, 15) is 0 Å². The monoisotopic (exact) mass is 263 g/mol. The molecule has 1 aromatic carbocycles. The summed E-state index contributed by atoms with van der Waals surface area (Å²) in [6.07, 6.45) is 8.97. The Morgan fingerprint density at radius 1 is 1.17 bits per heavy atom.